The van der Waals surface area contributed by atoms with Crippen LogP contribution in [0.5, 0.6) is 0 Å². The molecule has 0 aromatic heterocycles. The van der Waals surface area contributed by atoms with E-state index >= 15 is 0 Å². The minimum atomic E-state index is -0.461. The molecule has 0 aliphatic carbocycles. The van der Waals surface area contributed by atoms with Gasteiger partial charge in [-0.1, -0.05) is 0 Å². The lowest BCUT2D eigenvalue weighted by atomic mass is 10.2. The standard InChI is InChI=1S/C17H17N3O3/c1-19(2)15-10-6-14(7-11-15)18-17(21)12-5-13-3-8-16(9-4-13)20(22)23/h3-12H,1-2H3,(H,18,21). The lowest BCUT2D eigenvalue weighted by Crippen LogP contribution is -2.10. The molecule has 0 spiro atoms. The molecule has 0 atom stereocenters. The van der Waals surface area contributed by atoms with Gasteiger partial charge in [0.15, 0.2) is 0 Å². The normalized spacial score (nSPS) is 10.5. The zero-order chi connectivity index (χ0) is 16.8. The summed E-state index contributed by atoms with van der Waals surface area (Å²) in [6.45, 7) is 0. The van der Waals surface area contributed by atoms with Gasteiger partial charge in [-0.15, -0.1) is 0 Å². The van der Waals surface area contributed by atoms with Gasteiger partial charge in [0.2, 0.25) is 5.91 Å². The van der Waals surface area contributed by atoms with Gasteiger partial charge in [-0.2, -0.15) is 0 Å². The number of rotatable bonds is 5. The van der Waals surface area contributed by atoms with Crippen molar-refractivity contribution >= 4 is 29.0 Å². The van der Waals surface area contributed by atoms with Gasteiger partial charge >= 0.3 is 0 Å². The molecular formula is C17H17N3O3. The third kappa shape index (κ3) is 4.67. The molecule has 0 aliphatic heterocycles. The Morgan fingerprint density at radius 1 is 1.09 bits per heavy atom. The number of nitrogens with one attached hydrogen (secondary N) is 1. The highest BCUT2D eigenvalue weighted by molar-refractivity contribution is 6.02. The van der Waals surface area contributed by atoms with Gasteiger partial charge in [-0.3, -0.25) is 14.9 Å². The Morgan fingerprint density at radius 3 is 2.22 bits per heavy atom. The van der Waals surface area contributed by atoms with Crippen LogP contribution in [0.3, 0.4) is 0 Å². The van der Waals surface area contributed by atoms with Crippen molar-refractivity contribution in [3.63, 3.8) is 0 Å². The Hall–Kier alpha value is -3.15. The summed E-state index contributed by atoms with van der Waals surface area (Å²) in [6, 6.07) is 13.5. The summed E-state index contributed by atoms with van der Waals surface area (Å²) in [5, 5.41) is 13.3. The highest BCUT2D eigenvalue weighted by Gasteiger charge is 2.03. The van der Waals surface area contributed by atoms with Crippen molar-refractivity contribution in [1.82, 2.24) is 0 Å². The number of hydrogen-bond acceptors (Lipinski definition) is 4. The van der Waals surface area contributed by atoms with Crippen molar-refractivity contribution in [2.75, 3.05) is 24.3 Å². The number of nitro benzene ring substituents is 1. The first-order valence-corrected chi connectivity index (χ1v) is 6.96. The van der Waals surface area contributed by atoms with Crippen molar-refractivity contribution in [2.24, 2.45) is 0 Å². The molecule has 0 aliphatic rings. The smallest absolute Gasteiger partial charge is 0.269 e. The molecule has 1 amide bonds. The molecule has 2 rings (SSSR count). The summed E-state index contributed by atoms with van der Waals surface area (Å²) in [4.78, 5) is 23.9. The highest BCUT2D eigenvalue weighted by atomic mass is 16.6. The molecule has 2 aromatic rings. The van der Waals surface area contributed by atoms with E-state index in [0.717, 1.165) is 5.69 Å². The maximum Gasteiger partial charge on any atom is 0.269 e. The third-order valence-electron chi connectivity index (χ3n) is 3.18. The topological polar surface area (TPSA) is 75.5 Å². The van der Waals surface area contributed by atoms with Crippen LogP contribution in [0.25, 0.3) is 6.08 Å². The van der Waals surface area contributed by atoms with Crippen LogP contribution in [0.15, 0.2) is 54.6 Å². The summed E-state index contributed by atoms with van der Waals surface area (Å²) in [7, 11) is 3.89. The molecule has 0 saturated carbocycles. The number of nitrogens with zero attached hydrogens (tertiary/aromatic N) is 2. The zero-order valence-electron chi connectivity index (χ0n) is 12.9. The van der Waals surface area contributed by atoms with Crippen molar-refractivity contribution in [2.45, 2.75) is 0 Å². The summed E-state index contributed by atoms with van der Waals surface area (Å²) in [5.41, 5.74) is 2.49. The fraction of sp³-hybridized carbons (Fsp3) is 0.118. The van der Waals surface area contributed by atoms with Gasteiger partial charge in [0.05, 0.1) is 4.92 Å². The number of nitro groups is 1. The Bertz CT molecular complexity index is 720. The summed E-state index contributed by atoms with van der Waals surface area (Å²) in [6.07, 6.45) is 2.99. The van der Waals surface area contributed by atoms with Gasteiger partial charge in [-0.25, -0.2) is 0 Å². The van der Waals surface area contributed by atoms with Gasteiger partial charge < -0.3 is 10.2 Å². The first-order valence-electron chi connectivity index (χ1n) is 6.96. The molecule has 1 N–H and O–H groups in total. The largest absolute Gasteiger partial charge is 0.378 e. The average molecular weight is 311 g/mol. The Morgan fingerprint density at radius 2 is 1.70 bits per heavy atom. The number of hydrogen-bond donors (Lipinski definition) is 1. The second-order valence-corrected chi connectivity index (χ2v) is 5.11. The number of non-ortho nitro benzene ring substituents is 1. The zero-order valence-corrected chi connectivity index (χ0v) is 12.9. The van der Waals surface area contributed by atoms with E-state index in [-0.39, 0.29) is 11.6 Å². The number of carbonyl (C=O) groups excluding carboxylic acids is 1. The number of amides is 1. The Labute approximate surface area is 134 Å². The molecule has 118 valence electrons. The second kappa shape index (κ2) is 7.22. The molecule has 0 fully saturated rings. The first-order chi connectivity index (χ1) is 11.0. The van der Waals surface area contributed by atoms with Crippen LogP contribution in [-0.4, -0.2) is 24.9 Å². The predicted octanol–water partition coefficient (Wildman–Crippen LogP) is 3.31. The number of benzene rings is 2. The molecule has 0 heterocycles. The van der Waals surface area contributed by atoms with E-state index < -0.39 is 4.92 Å². The van der Waals surface area contributed by atoms with E-state index in [9.17, 15) is 14.9 Å². The lowest BCUT2D eigenvalue weighted by Gasteiger charge is -2.12. The van der Waals surface area contributed by atoms with Crippen LogP contribution >= 0.6 is 0 Å². The average Bonchev–Trinajstić information content (AvgIpc) is 2.54. The van der Waals surface area contributed by atoms with E-state index in [1.807, 2.05) is 43.3 Å². The van der Waals surface area contributed by atoms with Crippen LogP contribution in [0.1, 0.15) is 5.56 Å². The fourth-order valence-corrected chi connectivity index (χ4v) is 1.91. The Kier molecular flexibility index (Phi) is 5.09. The molecule has 23 heavy (non-hydrogen) atoms. The summed E-state index contributed by atoms with van der Waals surface area (Å²) in [5.74, 6) is -0.263. The van der Waals surface area contributed by atoms with E-state index in [1.54, 1.807) is 18.2 Å². The van der Waals surface area contributed by atoms with Crippen LogP contribution < -0.4 is 10.2 Å². The maximum atomic E-state index is 11.9. The van der Waals surface area contributed by atoms with Gasteiger partial charge in [-0.05, 0) is 48.0 Å². The maximum absolute atomic E-state index is 11.9. The molecule has 6 nitrogen and oxygen atoms in total. The molecule has 0 saturated heterocycles. The SMILES string of the molecule is CN(C)c1ccc(NC(=O)C=Cc2ccc([N+](=O)[O-])cc2)cc1. The first kappa shape index (κ1) is 16.2. The van der Waals surface area contributed by atoms with E-state index in [2.05, 4.69) is 5.32 Å². The van der Waals surface area contributed by atoms with Crippen LogP contribution in [-0.2, 0) is 4.79 Å². The van der Waals surface area contributed by atoms with E-state index in [1.165, 1.54) is 18.2 Å². The number of anilines is 2. The van der Waals surface area contributed by atoms with Crippen molar-refractivity contribution in [3.05, 3.63) is 70.3 Å². The van der Waals surface area contributed by atoms with Crippen LogP contribution in [0.4, 0.5) is 17.1 Å². The van der Waals surface area contributed by atoms with E-state index in [4.69, 9.17) is 0 Å². The summed E-state index contributed by atoms with van der Waals surface area (Å²) < 4.78 is 0. The molecule has 2 aromatic carbocycles. The van der Waals surface area contributed by atoms with Crippen molar-refractivity contribution < 1.29 is 9.72 Å². The quantitative estimate of drug-likeness (QED) is 0.522. The molecule has 0 unspecified atom stereocenters. The molecule has 0 bridgehead atoms. The van der Waals surface area contributed by atoms with Crippen molar-refractivity contribution in [3.8, 4) is 0 Å². The third-order valence-corrected chi connectivity index (χ3v) is 3.18. The number of carbonyl (C=O) groups is 1. The molecular weight excluding hydrogens is 294 g/mol. The minimum Gasteiger partial charge on any atom is -0.378 e. The van der Waals surface area contributed by atoms with E-state index in [0.29, 0.717) is 11.3 Å². The molecule has 6 heteroatoms. The van der Waals surface area contributed by atoms with Gasteiger partial charge in [0.25, 0.3) is 5.69 Å². The van der Waals surface area contributed by atoms with Gasteiger partial charge in [0.1, 0.15) is 0 Å². The monoisotopic (exact) mass is 311 g/mol. The predicted molar refractivity (Wildman–Crippen MR) is 91.5 cm³/mol. The Balaban J connectivity index is 1.97. The lowest BCUT2D eigenvalue weighted by molar-refractivity contribution is -0.384. The fourth-order valence-electron chi connectivity index (χ4n) is 1.91. The van der Waals surface area contributed by atoms with Gasteiger partial charge in [0, 0.05) is 43.7 Å². The second-order valence-electron chi connectivity index (χ2n) is 5.11. The summed E-state index contributed by atoms with van der Waals surface area (Å²) >= 11 is 0. The molecule has 0 radical (unpaired) electrons. The minimum absolute atomic E-state index is 0.0209. The van der Waals surface area contributed by atoms with Crippen molar-refractivity contribution in [1.29, 1.82) is 0 Å². The highest BCUT2D eigenvalue weighted by Crippen LogP contribution is 2.16. The van der Waals surface area contributed by atoms with Crippen LogP contribution in [0.2, 0.25) is 0 Å². The van der Waals surface area contributed by atoms with Crippen LogP contribution in [0, 0.1) is 10.1 Å².